The number of benzene rings is 1. The summed E-state index contributed by atoms with van der Waals surface area (Å²) in [6.07, 6.45) is 0.968. The van der Waals surface area contributed by atoms with E-state index in [2.05, 4.69) is 6.92 Å². The zero-order chi connectivity index (χ0) is 15.0. The average Bonchev–Trinajstić information content (AvgIpc) is 2.84. The van der Waals surface area contributed by atoms with Crippen molar-refractivity contribution in [3.63, 3.8) is 0 Å². The molecule has 0 spiro atoms. The van der Waals surface area contributed by atoms with Crippen LogP contribution in [0.5, 0.6) is 0 Å². The zero-order valence-corrected chi connectivity index (χ0v) is 13.2. The number of amides is 1. The molecule has 2 heterocycles. The van der Waals surface area contributed by atoms with E-state index in [1.807, 2.05) is 36.1 Å². The summed E-state index contributed by atoms with van der Waals surface area (Å²) in [6.45, 7) is 5.32. The lowest BCUT2D eigenvalue weighted by atomic mass is 10.1. The number of ether oxygens (including phenoxy) is 1. The van der Waals surface area contributed by atoms with Gasteiger partial charge in [0.2, 0.25) is 0 Å². The van der Waals surface area contributed by atoms with Gasteiger partial charge in [-0.3, -0.25) is 4.79 Å². The van der Waals surface area contributed by atoms with Crippen molar-refractivity contribution in [3.05, 3.63) is 29.1 Å². The van der Waals surface area contributed by atoms with Gasteiger partial charge in [-0.05, 0) is 19.4 Å². The fourth-order valence-corrected chi connectivity index (χ4v) is 3.86. The molecule has 21 heavy (non-hydrogen) atoms. The summed E-state index contributed by atoms with van der Waals surface area (Å²) in [5, 5.41) is 0.972. The van der Waals surface area contributed by atoms with Crippen molar-refractivity contribution in [2.75, 3.05) is 18.9 Å². The van der Waals surface area contributed by atoms with Crippen molar-refractivity contribution in [3.8, 4) is 0 Å². The Kier molecular flexibility index (Phi) is 3.87. The Morgan fingerprint density at radius 1 is 1.48 bits per heavy atom. The predicted octanol–water partition coefficient (Wildman–Crippen LogP) is 3.12. The van der Waals surface area contributed by atoms with E-state index >= 15 is 0 Å². The van der Waals surface area contributed by atoms with Crippen LogP contribution in [0.1, 0.15) is 29.9 Å². The standard InChI is InChI=1S/C16H20N2O2S/c1-3-11-9-20-10(2)8-18(11)16(19)15-14(17)12-6-4-5-7-13(12)21-15/h4-7,10-11H,3,8-9,17H2,1-2H3. The summed E-state index contributed by atoms with van der Waals surface area (Å²) in [6, 6.07) is 8.03. The molecule has 112 valence electrons. The molecular formula is C16H20N2O2S. The van der Waals surface area contributed by atoms with E-state index in [1.165, 1.54) is 11.3 Å². The fraction of sp³-hybridized carbons (Fsp3) is 0.438. The van der Waals surface area contributed by atoms with Gasteiger partial charge in [-0.15, -0.1) is 11.3 Å². The Morgan fingerprint density at radius 3 is 2.95 bits per heavy atom. The molecule has 1 saturated heterocycles. The number of fused-ring (bicyclic) bond motifs is 1. The van der Waals surface area contributed by atoms with Crippen molar-refractivity contribution in [2.24, 2.45) is 0 Å². The fourth-order valence-electron chi connectivity index (χ4n) is 2.79. The highest BCUT2D eigenvalue weighted by Crippen LogP contribution is 2.35. The third-order valence-corrected chi connectivity index (χ3v) is 5.20. The first-order chi connectivity index (χ1) is 10.1. The minimum Gasteiger partial charge on any atom is -0.397 e. The quantitative estimate of drug-likeness (QED) is 0.927. The van der Waals surface area contributed by atoms with E-state index in [9.17, 15) is 4.79 Å². The summed E-state index contributed by atoms with van der Waals surface area (Å²) in [5.41, 5.74) is 6.81. The SMILES string of the molecule is CCC1COC(C)CN1C(=O)c1sc2ccccc2c1N. The number of nitrogen functional groups attached to an aromatic ring is 1. The summed E-state index contributed by atoms with van der Waals surface area (Å²) >= 11 is 1.48. The second-order valence-electron chi connectivity index (χ2n) is 5.50. The first-order valence-electron chi connectivity index (χ1n) is 7.31. The molecule has 1 aliphatic rings. The molecule has 0 bridgehead atoms. The van der Waals surface area contributed by atoms with Gasteiger partial charge < -0.3 is 15.4 Å². The smallest absolute Gasteiger partial charge is 0.266 e. The molecule has 2 unspecified atom stereocenters. The van der Waals surface area contributed by atoms with Crippen molar-refractivity contribution in [1.29, 1.82) is 0 Å². The lowest BCUT2D eigenvalue weighted by Gasteiger charge is -2.38. The second-order valence-corrected chi connectivity index (χ2v) is 6.56. The average molecular weight is 304 g/mol. The second kappa shape index (κ2) is 5.66. The lowest BCUT2D eigenvalue weighted by Crippen LogP contribution is -2.51. The summed E-state index contributed by atoms with van der Waals surface area (Å²) in [7, 11) is 0. The van der Waals surface area contributed by atoms with Gasteiger partial charge in [-0.1, -0.05) is 25.1 Å². The van der Waals surface area contributed by atoms with Crippen molar-refractivity contribution in [2.45, 2.75) is 32.4 Å². The summed E-state index contributed by atoms with van der Waals surface area (Å²) in [4.78, 5) is 15.5. The predicted molar refractivity (Wildman–Crippen MR) is 86.8 cm³/mol. The Morgan fingerprint density at radius 2 is 2.24 bits per heavy atom. The van der Waals surface area contributed by atoms with Crippen LogP contribution in [0.3, 0.4) is 0 Å². The van der Waals surface area contributed by atoms with E-state index in [0.717, 1.165) is 16.5 Å². The van der Waals surface area contributed by atoms with Gasteiger partial charge in [0.15, 0.2) is 0 Å². The number of nitrogens with two attached hydrogens (primary N) is 1. The number of carbonyl (C=O) groups is 1. The molecule has 1 amide bonds. The van der Waals surface area contributed by atoms with Gasteiger partial charge >= 0.3 is 0 Å². The Balaban J connectivity index is 1.97. The van der Waals surface area contributed by atoms with Crippen LogP contribution in [0.2, 0.25) is 0 Å². The highest BCUT2D eigenvalue weighted by molar-refractivity contribution is 7.21. The van der Waals surface area contributed by atoms with Crippen molar-refractivity contribution < 1.29 is 9.53 Å². The van der Waals surface area contributed by atoms with Crippen LogP contribution in [0.25, 0.3) is 10.1 Å². The summed E-state index contributed by atoms with van der Waals surface area (Å²) in [5.74, 6) is 0.0377. The van der Waals surface area contributed by atoms with Crippen LogP contribution in [0.15, 0.2) is 24.3 Å². The normalized spacial score (nSPS) is 22.7. The Bertz CT molecular complexity index is 667. The van der Waals surface area contributed by atoms with Gasteiger partial charge in [-0.2, -0.15) is 0 Å². The van der Waals surface area contributed by atoms with Gasteiger partial charge in [0.1, 0.15) is 4.88 Å². The van der Waals surface area contributed by atoms with Crippen molar-refractivity contribution in [1.82, 2.24) is 4.90 Å². The third kappa shape index (κ3) is 2.51. The van der Waals surface area contributed by atoms with E-state index in [-0.39, 0.29) is 18.1 Å². The van der Waals surface area contributed by atoms with E-state index in [4.69, 9.17) is 10.5 Å². The van der Waals surface area contributed by atoms with E-state index < -0.39 is 0 Å². The molecule has 2 atom stereocenters. The number of hydrogen-bond acceptors (Lipinski definition) is 4. The number of carbonyl (C=O) groups excluding carboxylic acids is 1. The number of rotatable bonds is 2. The van der Waals surface area contributed by atoms with Crippen LogP contribution in [-0.2, 0) is 4.74 Å². The highest BCUT2D eigenvalue weighted by Gasteiger charge is 2.32. The van der Waals surface area contributed by atoms with E-state index in [1.54, 1.807) is 0 Å². The number of anilines is 1. The zero-order valence-electron chi connectivity index (χ0n) is 12.3. The Hall–Kier alpha value is -1.59. The molecule has 4 nitrogen and oxygen atoms in total. The van der Waals surface area contributed by atoms with Crippen LogP contribution in [-0.4, -0.2) is 36.1 Å². The van der Waals surface area contributed by atoms with Gasteiger partial charge in [0.25, 0.3) is 5.91 Å². The molecule has 2 aromatic rings. The topological polar surface area (TPSA) is 55.6 Å². The molecule has 0 saturated carbocycles. The molecule has 2 N–H and O–H groups in total. The summed E-state index contributed by atoms with van der Waals surface area (Å²) < 4.78 is 6.73. The molecule has 0 aliphatic carbocycles. The van der Waals surface area contributed by atoms with Crippen LogP contribution >= 0.6 is 11.3 Å². The molecule has 3 rings (SSSR count). The third-order valence-electron chi connectivity index (χ3n) is 4.03. The maximum Gasteiger partial charge on any atom is 0.266 e. The molecular weight excluding hydrogens is 284 g/mol. The van der Waals surface area contributed by atoms with Crippen molar-refractivity contribution >= 4 is 33.0 Å². The maximum atomic E-state index is 12.9. The van der Waals surface area contributed by atoms with Gasteiger partial charge in [0, 0.05) is 16.6 Å². The maximum absolute atomic E-state index is 12.9. The number of thiophene rings is 1. The first-order valence-corrected chi connectivity index (χ1v) is 8.13. The molecule has 1 aromatic heterocycles. The molecule has 0 radical (unpaired) electrons. The Labute approximate surface area is 128 Å². The molecule has 1 aromatic carbocycles. The minimum atomic E-state index is 0.0377. The van der Waals surface area contributed by atoms with Crippen LogP contribution in [0.4, 0.5) is 5.69 Å². The van der Waals surface area contributed by atoms with Gasteiger partial charge in [-0.25, -0.2) is 0 Å². The number of morpholine rings is 1. The minimum absolute atomic E-state index is 0.0377. The van der Waals surface area contributed by atoms with Gasteiger partial charge in [0.05, 0.1) is 24.4 Å². The van der Waals surface area contributed by atoms with E-state index in [0.29, 0.717) is 23.7 Å². The molecule has 1 fully saturated rings. The molecule has 5 heteroatoms. The highest BCUT2D eigenvalue weighted by atomic mass is 32.1. The number of nitrogens with zero attached hydrogens (tertiary/aromatic N) is 1. The molecule has 1 aliphatic heterocycles. The first kappa shape index (κ1) is 14.4. The lowest BCUT2D eigenvalue weighted by molar-refractivity contribution is -0.0442. The number of hydrogen-bond donors (Lipinski definition) is 1. The van der Waals surface area contributed by atoms with Crippen LogP contribution in [0, 0.1) is 0 Å². The monoisotopic (exact) mass is 304 g/mol. The van der Waals surface area contributed by atoms with Crippen LogP contribution < -0.4 is 5.73 Å². The largest absolute Gasteiger partial charge is 0.397 e.